The lowest BCUT2D eigenvalue weighted by molar-refractivity contribution is -0.125. The molecule has 0 fully saturated rings. The summed E-state index contributed by atoms with van der Waals surface area (Å²) in [5.74, 6) is -0.601. The second-order valence-corrected chi connectivity index (χ2v) is 10.0. The van der Waals surface area contributed by atoms with Crippen LogP contribution in [0.2, 0.25) is 0 Å². The highest BCUT2D eigenvalue weighted by Gasteiger charge is 2.31. The Hall–Kier alpha value is -2.53. The Morgan fingerprint density at radius 2 is 2.09 bits per heavy atom. The number of sulfonamides is 1. The first-order chi connectivity index (χ1) is 15.1. The van der Waals surface area contributed by atoms with Crippen molar-refractivity contribution < 1.29 is 26.7 Å². The molecule has 1 atom stereocenters. The summed E-state index contributed by atoms with van der Waals surface area (Å²) < 4.78 is 56.9. The summed E-state index contributed by atoms with van der Waals surface area (Å²) in [6.07, 6.45) is 1.66. The van der Waals surface area contributed by atoms with E-state index >= 15 is 0 Å². The lowest BCUT2D eigenvalue weighted by atomic mass is 9.85. The summed E-state index contributed by atoms with van der Waals surface area (Å²) in [7, 11) is -2.05. The maximum Gasteiger partial charge on any atom is 0.387 e. The van der Waals surface area contributed by atoms with Gasteiger partial charge in [-0.2, -0.15) is 13.9 Å². The van der Waals surface area contributed by atoms with E-state index in [0.717, 1.165) is 11.3 Å². The molecule has 11 heteroatoms. The number of fused-ring (bicyclic) bond motifs is 1. The Morgan fingerprint density at radius 1 is 1.34 bits per heavy atom. The maximum absolute atomic E-state index is 12.6. The topological polar surface area (TPSA) is 102 Å². The zero-order valence-corrected chi connectivity index (χ0v) is 19.1. The monoisotopic (exact) mass is 470 g/mol. The van der Waals surface area contributed by atoms with E-state index in [0.29, 0.717) is 30.5 Å². The Labute approximate surface area is 186 Å². The predicted molar refractivity (Wildman–Crippen MR) is 116 cm³/mol. The van der Waals surface area contributed by atoms with Crippen LogP contribution >= 0.6 is 0 Å². The molecule has 0 aliphatic heterocycles. The smallest absolute Gasteiger partial charge is 0.387 e. The Morgan fingerprint density at radius 3 is 2.75 bits per heavy atom. The van der Waals surface area contributed by atoms with E-state index in [9.17, 15) is 22.0 Å². The molecule has 0 bridgehead atoms. The van der Waals surface area contributed by atoms with E-state index in [1.165, 1.54) is 13.1 Å². The van der Waals surface area contributed by atoms with Crippen LogP contribution in [0.3, 0.4) is 0 Å². The van der Waals surface area contributed by atoms with Crippen molar-refractivity contribution in [1.29, 1.82) is 0 Å². The van der Waals surface area contributed by atoms with Gasteiger partial charge in [-0.1, -0.05) is 12.1 Å². The van der Waals surface area contributed by atoms with Gasteiger partial charge in [-0.25, -0.2) is 13.1 Å². The van der Waals surface area contributed by atoms with Crippen molar-refractivity contribution >= 4 is 15.9 Å². The van der Waals surface area contributed by atoms with Gasteiger partial charge in [0.25, 0.3) is 0 Å². The van der Waals surface area contributed by atoms with E-state index in [1.54, 1.807) is 18.2 Å². The van der Waals surface area contributed by atoms with E-state index in [2.05, 4.69) is 14.8 Å². The van der Waals surface area contributed by atoms with Crippen LogP contribution < -0.4 is 14.8 Å². The van der Waals surface area contributed by atoms with Crippen molar-refractivity contribution in [3.8, 4) is 17.0 Å². The summed E-state index contributed by atoms with van der Waals surface area (Å²) in [4.78, 5) is 12.6. The van der Waals surface area contributed by atoms with Crippen LogP contribution in [0.25, 0.3) is 11.3 Å². The van der Waals surface area contributed by atoms with Crippen molar-refractivity contribution in [3.05, 3.63) is 35.5 Å². The van der Waals surface area contributed by atoms with Gasteiger partial charge in [0, 0.05) is 41.7 Å². The van der Waals surface area contributed by atoms with Crippen molar-refractivity contribution in [3.63, 3.8) is 0 Å². The molecule has 1 aliphatic carbocycles. The third-order valence-corrected chi connectivity index (χ3v) is 6.84. The summed E-state index contributed by atoms with van der Waals surface area (Å²) in [5, 5.41) is 7.45. The van der Waals surface area contributed by atoms with Crippen LogP contribution in [-0.4, -0.2) is 50.1 Å². The lowest BCUT2D eigenvalue weighted by Crippen LogP contribution is -2.38. The molecule has 0 spiro atoms. The van der Waals surface area contributed by atoms with Gasteiger partial charge in [0.15, 0.2) is 0 Å². The van der Waals surface area contributed by atoms with Crippen LogP contribution in [0.5, 0.6) is 5.75 Å². The number of benzene rings is 1. The molecule has 0 saturated heterocycles. The molecular weight excluding hydrogens is 442 g/mol. The molecule has 2 N–H and O–H groups in total. The molecule has 8 nitrogen and oxygen atoms in total. The van der Waals surface area contributed by atoms with Crippen molar-refractivity contribution in [2.24, 2.45) is 5.92 Å². The second-order valence-electron chi connectivity index (χ2n) is 7.97. The fourth-order valence-corrected chi connectivity index (χ4v) is 4.47. The fraction of sp³-hybridized carbons (Fsp3) is 0.524. The number of rotatable bonds is 9. The molecule has 32 heavy (non-hydrogen) atoms. The third-order valence-electron chi connectivity index (χ3n) is 5.47. The minimum absolute atomic E-state index is 0.0387. The molecule has 0 saturated carbocycles. The van der Waals surface area contributed by atoms with Crippen LogP contribution in [0.4, 0.5) is 8.78 Å². The average molecular weight is 471 g/mol. The van der Waals surface area contributed by atoms with E-state index in [1.807, 2.05) is 18.5 Å². The van der Waals surface area contributed by atoms with Gasteiger partial charge < -0.3 is 10.1 Å². The molecule has 3 rings (SSSR count). The summed E-state index contributed by atoms with van der Waals surface area (Å²) in [6.45, 7) is 1.10. The number of alkyl halides is 2. The summed E-state index contributed by atoms with van der Waals surface area (Å²) in [5.41, 5.74) is 3.31. The molecule has 1 heterocycles. The molecule has 2 aromatic rings. The van der Waals surface area contributed by atoms with E-state index in [4.69, 9.17) is 5.10 Å². The minimum atomic E-state index is -3.39. The molecule has 0 radical (unpaired) electrons. The van der Waals surface area contributed by atoms with Gasteiger partial charge in [-0.15, -0.1) is 0 Å². The van der Waals surface area contributed by atoms with Crippen LogP contribution in [0.15, 0.2) is 24.3 Å². The van der Waals surface area contributed by atoms with Crippen LogP contribution in [-0.2, 0) is 27.7 Å². The normalized spacial score (nSPS) is 16.3. The summed E-state index contributed by atoms with van der Waals surface area (Å²) >= 11 is 0. The van der Waals surface area contributed by atoms with Gasteiger partial charge in [-0.3, -0.25) is 9.48 Å². The SMILES string of the molecule is CNS(=O)(=O)CCNC(=O)C1CCc2c(-c3cccc(OC(F)F)c3)nn(C(C)C)c2C1. The number of amides is 1. The number of hydrogen-bond acceptors (Lipinski definition) is 5. The Bertz CT molecular complexity index is 1070. The van der Waals surface area contributed by atoms with Crippen LogP contribution in [0, 0.1) is 5.92 Å². The molecule has 1 aliphatic rings. The number of ether oxygens (including phenoxy) is 1. The number of halogens is 2. The van der Waals surface area contributed by atoms with E-state index < -0.39 is 16.6 Å². The number of nitrogens with zero attached hydrogens (tertiary/aromatic N) is 2. The Balaban J connectivity index is 1.81. The van der Waals surface area contributed by atoms with Crippen LogP contribution in [0.1, 0.15) is 37.6 Å². The number of hydrogen-bond donors (Lipinski definition) is 2. The minimum Gasteiger partial charge on any atom is -0.435 e. The van der Waals surface area contributed by atoms with Crippen molar-refractivity contribution in [2.75, 3.05) is 19.3 Å². The first-order valence-electron chi connectivity index (χ1n) is 10.5. The Kier molecular flexibility index (Phi) is 7.50. The highest BCUT2D eigenvalue weighted by atomic mass is 32.2. The number of nitrogens with one attached hydrogen (secondary N) is 2. The quantitative estimate of drug-likeness (QED) is 0.586. The predicted octanol–water partition coefficient (Wildman–Crippen LogP) is 2.50. The van der Waals surface area contributed by atoms with Gasteiger partial charge >= 0.3 is 6.61 Å². The number of carbonyl (C=O) groups excluding carboxylic acids is 1. The third kappa shape index (κ3) is 5.63. The molecule has 1 amide bonds. The molecule has 176 valence electrons. The van der Waals surface area contributed by atoms with E-state index in [-0.39, 0.29) is 35.9 Å². The molecule has 1 unspecified atom stereocenters. The maximum atomic E-state index is 12.6. The zero-order chi connectivity index (χ0) is 23.5. The van der Waals surface area contributed by atoms with Crippen molar-refractivity contribution in [2.45, 2.75) is 45.8 Å². The average Bonchev–Trinajstić information content (AvgIpc) is 3.12. The first-order valence-corrected chi connectivity index (χ1v) is 12.1. The lowest BCUT2D eigenvalue weighted by Gasteiger charge is -2.24. The first kappa shape index (κ1) is 24.1. The highest BCUT2D eigenvalue weighted by molar-refractivity contribution is 7.89. The zero-order valence-electron chi connectivity index (χ0n) is 18.3. The molecule has 1 aromatic heterocycles. The fourth-order valence-electron chi connectivity index (χ4n) is 3.89. The summed E-state index contributed by atoms with van der Waals surface area (Å²) in [6, 6.07) is 6.50. The van der Waals surface area contributed by atoms with Gasteiger partial charge in [0.1, 0.15) is 5.75 Å². The van der Waals surface area contributed by atoms with Gasteiger partial charge in [0.05, 0.1) is 11.4 Å². The number of carbonyl (C=O) groups is 1. The highest BCUT2D eigenvalue weighted by Crippen LogP contribution is 2.36. The molecular formula is C21H28F2N4O4S. The largest absolute Gasteiger partial charge is 0.435 e. The van der Waals surface area contributed by atoms with Gasteiger partial charge in [0.2, 0.25) is 15.9 Å². The standard InChI is InChI=1S/C21H28F2N4O4S/c1-13(2)27-18-12-15(20(28)25-9-10-32(29,30)24-3)7-8-17(18)19(26-27)14-5-4-6-16(11-14)31-21(22)23/h4-6,11,13,15,21,24H,7-10,12H2,1-3H3,(H,25,28). The molecule has 1 aromatic carbocycles. The van der Waals surface area contributed by atoms with Gasteiger partial charge in [-0.05, 0) is 45.9 Å². The van der Waals surface area contributed by atoms with Crippen molar-refractivity contribution in [1.82, 2.24) is 19.8 Å². The second kappa shape index (κ2) is 9.95. The number of aromatic nitrogens is 2.